The fourth-order valence-electron chi connectivity index (χ4n) is 5.63. The van der Waals surface area contributed by atoms with Crippen LogP contribution < -0.4 is 0 Å². The monoisotopic (exact) mass is 524 g/mol. The van der Waals surface area contributed by atoms with Crippen molar-refractivity contribution in [3.05, 3.63) is 105 Å². The van der Waals surface area contributed by atoms with Crippen LogP contribution >= 0.6 is 0 Å². The largest absolute Gasteiger partial charge is 0.298 e. The summed E-state index contributed by atoms with van der Waals surface area (Å²) in [7, 11) is 0. The zero-order valence-corrected chi connectivity index (χ0v) is 26.0. The molecule has 0 saturated carbocycles. The number of hydrogen-bond donors (Lipinski definition) is 0. The SMILES string of the molecule is CC.CCC.CCCC(CC)Cc1ccc(C2=C(c3ccc(C)cc3C)CCCc3cc(C=O)ccc32)cc1. The lowest BCUT2D eigenvalue weighted by Gasteiger charge is -2.19. The van der Waals surface area contributed by atoms with E-state index in [4.69, 9.17) is 0 Å². The normalized spacial score (nSPS) is 13.2. The molecule has 0 saturated heterocycles. The van der Waals surface area contributed by atoms with Crippen molar-refractivity contribution in [2.75, 3.05) is 0 Å². The van der Waals surface area contributed by atoms with Gasteiger partial charge in [0.25, 0.3) is 0 Å². The van der Waals surface area contributed by atoms with Crippen molar-refractivity contribution in [1.82, 2.24) is 0 Å². The first-order chi connectivity index (χ1) is 18.9. The minimum Gasteiger partial charge on any atom is -0.298 e. The fraction of sp³-hybridized carbons (Fsp3) is 0.447. The number of fused-ring (bicyclic) bond motifs is 1. The van der Waals surface area contributed by atoms with Crippen molar-refractivity contribution in [3.63, 3.8) is 0 Å². The van der Waals surface area contributed by atoms with Crippen molar-refractivity contribution in [1.29, 1.82) is 0 Å². The molecule has 0 radical (unpaired) electrons. The minimum absolute atomic E-state index is 0.765. The average Bonchev–Trinajstić information content (AvgIpc) is 3.14. The summed E-state index contributed by atoms with van der Waals surface area (Å²) >= 11 is 0. The molecular formula is C38H52O. The second kappa shape index (κ2) is 16.9. The average molecular weight is 525 g/mol. The van der Waals surface area contributed by atoms with Crippen LogP contribution in [0.2, 0.25) is 0 Å². The van der Waals surface area contributed by atoms with Crippen LogP contribution in [-0.2, 0) is 12.8 Å². The standard InChI is InChI=1S/C33H38O.C3H8.C2H6/c1-5-8-25(6-2)20-26-12-15-28(16-13-26)33-31-18-14-27(22-34)21-29(31)9-7-10-32(33)30-17-11-23(3)19-24(30)4;1-3-2;1-2/h11-19,21-22,25H,5-10,20H2,1-4H3;3H2,1-2H3;1-2H3. The number of carbonyl (C=O) groups is 1. The van der Waals surface area contributed by atoms with E-state index in [2.05, 4.69) is 96.1 Å². The molecule has 1 aliphatic carbocycles. The lowest BCUT2D eigenvalue weighted by molar-refractivity contribution is 0.112. The van der Waals surface area contributed by atoms with Crippen LogP contribution in [-0.4, -0.2) is 6.29 Å². The maximum atomic E-state index is 11.5. The summed E-state index contributed by atoms with van der Waals surface area (Å²) in [5.74, 6) is 0.765. The molecule has 3 aromatic rings. The molecule has 0 aromatic heterocycles. The zero-order chi connectivity index (χ0) is 28.8. The van der Waals surface area contributed by atoms with Gasteiger partial charge in [0.15, 0.2) is 0 Å². The predicted molar refractivity (Wildman–Crippen MR) is 173 cm³/mol. The Kier molecular flexibility index (Phi) is 14.0. The van der Waals surface area contributed by atoms with Gasteiger partial charge in [-0.2, -0.15) is 0 Å². The molecule has 39 heavy (non-hydrogen) atoms. The Morgan fingerprint density at radius 3 is 2.08 bits per heavy atom. The van der Waals surface area contributed by atoms with Gasteiger partial charge >= 0.3 is 0 Å². The summed E-state index contributed by atoms with van der Waals surface area (Å²) in [5, 5.41) is 0. The highest BCUT2D eigenvalue weighted by Gasteiger charge is 2.21. The molecule has 0 fully saturated rings. The van der Waals surface area contributed by atoms with Crippen LogP contribution in [0, 0.1) is 19.8 Å². The summed E-state index contributed by atoms with van der Waals surface area (Å²) in [6.45, 7) is 17.2. The Bertz CT molecular complexity index is 1200. The second-order valence-corrected chi connectivity index (χ2v) is 10.7. The Morgan fingerprint density at radius 1 is 0.821 bits per heavy atom. The van der Waals surface area contributed by atoms with E-state index in [-0.39, 0.29) is 0 Å². The summed E-state index contributed by atoms with van der Waals surface area (Å²) in [5.41, 5.74) is 12.8. The molecule has 1 nitrogen and oxygen atoms in total. The van der Waals surface area contributed by atoms with E-state index in [0.29, 0.717) is 0 Å². The van der Waals surface area contributed by atoms with E-state index < -0.39 is 0 Å². The molecule has 0 N–H and O–H groups in total. The summed E-state index contributed by atoms with van der Waals surface area (Å²) in [6, 6.07) is 22.4. The Labute approximate surface area is 239 Å². The quantitative estimate of drug-likeness (QED) is 0.268. The molecule has 0 amide bonds. The summed E-state index contributed by atoms with van der Waals surface area (Å²) in [6.07, 6.45) is 10.3. The molecule has 1 aliphatic rings. The van der Waals surface area contributed by atoms with Gasteiger partial charge in [-0.05, 0) is 96.0 Å². The molecule has 3 aromatic carbocycles. The van der Waals surface area contributed by atoms with Gasteiger partial charge in [-0.3, -0.25) is 4.79 Å². The number of rotatable bonds is 8. The van der Waals surface area contributed by atoms with Crippen molar-refractivity contribution in [2.24, 2.45) is 5.92 Å². The third kappa shape index (κ3) is 8.79. The van der Waals surface area contributed by atoms with Gasteiger partial charge in [0.05, 0.1) is 0 Å². The topological polar surface area (TPSA) is 17.1 Å². The number of benzene rings is 3. The van der Waals surface area contributed by atoms with Gasteiger partial charge in [0.1, 0.15) is 6.29 Å². The lowest BCUT2D eigenvalue weighted by Crippen LogP contribution is -2.03. The summed E-state index contributed by atoms with van der Waals surface area (Å²) in [4.78, 5) is 11.5. The molecule has 0 heterocycles. The van der Waals surface area contributed by atoms with Gasteiger partial charge < -0.3 is 0 Å². The predicted octanol–water partition coefficient (Wildman–Crippen LogP) is 11.2. The zero-order valence-electron chi connectivity index (χ0n) is 26.0. The van der Waals surface area contributed by atoms with E-state index >= 15 is 0 Å². The molecule has 1 heteroatoms. The van der Waals surface area contributed by atoms with Crippen molar-refractivity contribution >= 4 is 17.4 Å². The molecule has 1 unspecified atom stereocenters. The number of carbonyl (C=O) groups excluding carboxylic acids is 1. The highest BCUT2D eigenvalue weighted by Crippen LogP contribution is 2.41. The van der Waals surface area contributed by atoms with Gasteiger partial charge in [-0.1, -0.05) is 127 Å². The van der Waals surface area contributed by atoms with Crippen LogP contribution in [0.15, 0.2) is 60.7 Å². The Morgan fingerprint density at radius 2 is 1.49 bits per heavy atom. The van der Waals surface area contributed by atoms with Crippen molar-refractivity contribution < 1.29 is 4.79 Å². The van der Waals surface area contributed by atoms with Gasteiger partial charge in [-0.15, -0.1) is 0 Å². The van der Waals surface area contributed by atoms with Crippen molar-refractivity contribution in [3.8, 4) is 0 Å². The third-order valence-electron chi connectivity index (χ3n) is 7.46. The molecule has 210 valence electrons. The van der Waals surface area contributed by atoms with Crippen LogP contribution in [0.25, 0.3) is 11.1 Å². The first kappa shape index (κ1) is 32.3. The first-order valence-corrected chi connectivity index (χ1v) is 15.4. The fourth-order valence-corrected chi connectivity index (χ4v) is 5.63. The second-order valence-electron chi connectivity index (χ2n) is 10.7. The molecule has 0 spiro atoms. The highest BCUT2D eigenvalue weighted by molar-refractivity contribution is 6.00. The van der Waals surface area contributed by atoms with E-state index in [1.807, 2.05) is 19.9 Å². The number of aryl methyl sites for hydroxylation is 3. The van der Waals surface area contributed by atoms with Crippen LogP contribution in [0.1, 0.15) is 129 Å². The van der Waals surface area contributed by atoms with E-state index in [0.717, 1.165) is 43.5 Å². The van der Waals surface area contributed by atoms with Crippen molar-refractivity contribution in [2.45, 2.75) is 107 Å². The Hall–Kier alpha value is -2.93. The highest BCUT2D eigenvalue weighted by atomic mass is 16.1. The van der Waals surface area contributed by atoms with E-state index in [1.165, 1.54) is 75.8 Å². The number of allylic oxidation sites excluding steroid dienone is 1. The maximum Gasteiger partial charge on any atom is 0.150 e. The minimum atomic E-state index is 0.765. The van der Waals surface area contributed by atoms with E-state index in [9.17, 15) is 4.79 Å². The number of hydrogen-bond acceptors (Lipinski definition) is 1. The maximum absolute atomic E-state index is 11.5. The van der Waals surface area contributed by atoms with Gasteiger partial charge in [0.2, 0.25) is 0 Å². The lowest BCUT2D eigenvalue weighted by atomic mass is 9.85. The molecular weight excluding hydrogens is 472 g/mol. The van der Waals surface area contributed by atoms with Gasteiger partial charge in [-0.25, -0.2) is 0 Å². The van der Waals surface area contributed by atoms with Crippen LogP contribution in [0.4, 0.5) is 0 Å². The molecule has 0 bridgehead atoms. The first-order valence-electron chi connectivity index (χ1n) is 15.4. The Balaban J connectivity index is 0.000000998. The molecule has 1 atom stereocenters. The number of aldehydes is 1. The van der Waals surface area contributed by atoms with Gasteiger partial charge in [0, 0.05) is 5.56 Å². The summed E-state index contributed by atoms with van der Waals surface area (Å²) < 4.78 is 0. The molecule has 0 aliphatic heterocycles. The van der Waals surface area contributed by atoms with E-state index in [1.54, 1.807) is 0 Å². The van der Waals surface area contributed by atoms with Crippen LogP contribution in [0.5, 0.6) is 0 Å². The third-order valence-corrected chi connectivity index (χ3v) is 7.46. The molecule has 4 rings (SSSR count). The smallest absolute Gasteiger partial charge is 0.150 e. The van der Waals surface area contributed by atoms with Crippen LogP contribution in [0.3, 0.4) is 0 Å².